The minimum absolute atomic E-state index is 0.0755. The molecular formula is C22H24FN7O2. The van der Waals surface area contributed by atoms with E-state index in [1.54, 1.807) is 31.2 Å². The summed E-state index contributed by atoms with van der Waals surface area (Å²) in [6.45, 7) is 4.13. The van der Waals surface area contributed by atoms with E-state index >= 15 is 0 Å². The second-order valence-electron chi connectivity index (χ2n) is 7.74. The number of amides is 2. The number of anilines is 1. The van der Waals surface area contributed by atoms with Crippen LogP contribution in [0.3, 0.4) is 0 Å². The highest BCUT2D eigenvalue weighted by Gasteiger charge is 2.31. The quantitative estimate of drug-likeness (QED) is 0.623. The van der Waals surface area contributed by atoms with Crippen LogP contribution in [0.5, 0.6) is 0 Å². The van der Waals surface area contributed by atoms with Gasteiger partial charge in [0.15, 0.2) is 0 Å². The number of nitrogens with two attached hydrogens (primary N) is 1. The second kappa shape index (κ2) is 9.13. The minimum Gasteiger partial charge on any atom is -0.368 e. The summed E-state index contributed by atoms with van der Waals surface area (Å²) in [5.41, 5.74) is 7.57. The van der Waals surface area contributed by atoms with Gasteiger partial charge in [-0.05, 0) is 59.3 Å². The first-order valence-corrected chi connectivity index (χ1v) is 10.3. The zero-order valence-electron chi connectivity index (χ0n) is 17.7. The lowest BCUT2D eigenvalue weighted by atomic mass is 10.0. The van der Waals surface area contributed by atoms with E-state index in [0.717, 1.165) is 11.3 Å². The zero-order valence-corrected chi connectivity index (χ0v) is 17.7. The van der Waals surface area contributed by atoms with Crippen LogP contribution < -0.4 is 10.6 Å². The number of primary amides is 1. The highest BCUT2D eigenvalue weighted by atomic mass is 19.1. The number of hydrogen-bond acceptors (Lipinski definition) is 6. The Hall–Kier alpha value is -3.82. The fourth-order valence-corrected chi connectivity index (χ4v) is 3.88. The van der Waals surface area contributed by atoms with Gasteiger partial charge in [-0.25, -0.2) is 9.07 Å². The molecule has 0 saturated carbocycles. The molecule has 2 aromatic carbocycles. The molecule has 9 nitrogen and oxygen atoms in total. The molecule has 0 spiro atoms. The third-order valence-electron chi connectivity index (χ3n) is 5.69. The zero-order chi connectivity index (χ0) is 22.7. The normalized spacial score (nSPS) is 14.9. The Balaban J connectivity index is 1.46. The molecule has 1 fully saturated rings. The van der Waals surface area contributed by atoms with E-state index in [2.05, 4.69) is 20.4 Å². The van der Waals surface area contributed by atoms with Crippen LogP contribution in [0.1, 0.15) is 27.8 Å². The number of aryl methyl sites for hydroxylation is 1. The van der Waals surface area contributed by atoms with E-state index in [1.165, 1.54) is 16.8 Å². The standard InChI is InChI=1S/C22H24FN7O2/c1-15-25-26-27-30(15)20(14-16-2-6-18(23)7-3-16)22(32)29-12-10-28(11-13-29)19-8-4-17(5-9-19)21(24)31/h2-9,20H,10-14H2,1H3,(H2,24,31). The van der Waals surface area contributed by atoms with Crippen molar-refractivity contribution in [3.05, 3.63) is 71.3 Å². The number of carbonyl (C=O) groups is 2. The maximum absolute atomic E-state index is 13.4. The lowest BCUT2D eigenvalue weighted by molar-refractivity contribution is -0.135. The number of tetrazole rings is 1. The predicted molar refractivity (Wildman–Crippen MR) is 115 cm³/mol. The van der Waals surface area contributed by atoms with Gasteiger partial charge in [0.2, 0.25) is 11.8 Å². The third kappa shape index (κ3) is 4.58. The lowest BCUT2D eigenvalue weighted by Crippen LogP contribution is -2.51. The van der Waals surface area contributed by atoms with Gasteiger partial charge < -0.3 is 15.5 Å². The van der Waals surface area contributed by atoms with Crippen LogP contribution in [0.25, 0.3) is 0 Å². The van der Waals surface area contributed by atoms with Crippen molar-refractivity contribution < 1.29 is 14.0 Å². The minimum atomic E-state index is -0.614. The van der Waals surface area contributed by atoms with Gasteiger partial charge in [0, 0.05) is 43.9 Å². The van der Waals surface area contributed by atoms with Gasteiger partial charge in [-0.2, -0.15) is 0 Å². The highest BCUT2D eigenvalue weighted by Crippen LogP contribution is 2.22. The molecule has 1 unspecified atom stereocenters. The van der Waals surface area contributed by atoms with E-state index in [4.69, 9.17) is 5.73 Å². The number of aromatic nitrogens is 4. The molecule has 1 aromatic heterocycles. The van der Waals surface area contributed by atoms with Gasteiger partial charge >= 0.3 is 0 Å². The molecule has 0 radical (unpaired) electrons. The summed E-state index contributed by atoms with van der Waals surface area (Å²) in [6, 6.07) is 12.6. The molecule has 1 atom stereocenters. The van der Waals surface area contributed by atoms with Crippen LogP contribution in [0.15, 0.2) is 48.5 Å². The molecule has 32 heavy (non-hydrogen) atoms. The summed E-state index contributed by atoms with van der Waals surface area (Å²) in [5.74, 6) is -0.320. The predicted octanol–water partition coefficient (Wildman–Crippen LogP) is 1.35. The van der Waals surface area contributed by atoms with Crippen LogP contribution >= 0.6 is 0 Å². The topological polar surface area (TPSA) is 110 Å². The molecule has 2 amide bonds. The van der Waals surface area contributed by atoms with E-state index in [0.29, 0.717) is 44.0 Å². The Bertz CT molecular complexity index is 1090. The molecule has 0 aliphatic carbocycles. The van der Waals surface area contributed by atoms with Crippen molar-refractivity contribution in [2.45, 2.75) is 19.4 Å². The van der Waals surface area contributed by atoms with Crippen molar-refractivity contribution in [3.63, 3.8) is 0 Å². The SMILES string of the molecule is Cc1nnnn1C(Cc1ccc(F)cc1)C(=O)N1CCN(c2ccc(C(N)=O)cc2)CC1. The second-order valence-corrected chi connectivity index (χ2v) is 7.74. The fourth-order valence-electron chi connectivity index (χ4n) is 3.88. The van der Waals surface area contributed by atoms with Crippen LogP contribution in [0.4, 0.5) is 10.1 Å². The summed E-state index contributed by atoms with van der Waals surface area (Å²) in [6.07, 6.45) is 0.361. The number of halogens is 1. The molecule has 3 aromatic rings. The van der Waals surface area contributed by atoms with Crippen LogP contribution in [-0.2, 0) is 11.2 Å². The molecule has 4 rings (SSSR count). The molecule has 2 heterocycles. The Morgan fingerprint density at radius 2 is 1.69 bits per heavy atom. The summed E-state index contributed by atoms with van der Waals surface area (Å²) in [5, 5.41) is 11.6. The number of nitrogens with zero attached hydrogens (tertiary/aromatic N) is 6. The smallest absolute Gasteiger partial charge is 0.248 e. The monoisotopic (exact) mass is 437 g/mol. The van der Waals surface area contributed by atoms with E-state index in [-0.39, 0.29) is 11.7 Å². The average molecular weight is 437 g/mol. The van der Waals surface area contributed by atoms with Crippen molar-refractivity contribution >= 4 is 17.5 Å². The van der Waals surface area contributed by atoms with Gasteiger partial charge in [0.25, 0.3) is 0 Å². The molecule has 0 bridgehead atoms. The number of benzene rings is 2. The van der Waals surface area contributed by atoms with Crippen molar-refractivity contribution in [2.24, 2.45) is 5.73 Å². The fraction of sp³-hybridized carbons (Fsp3) is 0.318. The van der Waals surface area contributed by atoms with Gasteiger partial charge in [-0.3, -0.25) is 9.59 Å². The van der Waals surface area contributed by atoms with Crippen molar-refractivity contribution in [1.82, 2.24) is 25.1 Å². The van der Waals surface area contributed by atoms with Crippen molar-refractivity contribution in [3.8, 4) is 0 Å². The number of piperazine rings is 1. The first-order valence-electron chi connectivity index (χ1n) is 10.3. The largest absolute Gasteiger partial charge is 0.368 e. The van der Waals surface area contributed by atoms with Gasteiger partial charge in [-0.1, -0.05) is 12.1 Å². The number of carbonyl (C=O) groups excluding carboxylic acids is 2. The van der Waals surface area contributed by atoms with Crippen LogP contribution in [0.2, 0.25) is 0 Å². The maximum atomic E-state index is 13.4. The summed E-state index contributed by atoms with van der Waals surface area (Å²) in [7, 11) is 0. The van der Waals surface area contributed by atoms with Gasteiger partial charge in [0.05, 0.1) is 0 Å². The van der Waals surface area contributed by atoms with E-state index in [1.807, 2.05) is 17.0 Å². The average Bonchev–Trinajstić information content (AvgIpc) is 3.24. The Morgan fingerprint density at radius 3 is 2.25 bits per heavy atom. The molecule has 2 N–H and O–H groups in total. The molecule has 1 saturated heterocycles. The lowest BCUT2D eigenvalue weighted by Gasteiger charge is -2.37. The first-order chi connectivity index (χ1) is 15.4. The van der Waals surface area contributed by atoms with Gasteiger partial charge in [-0.15, -0.1) is 5.10 Å². The number of rotatable bonds is 6. The molecule has 166 valence electrons. The highest BCUT2D eigenvalue weighted by molar-refractivity contribution is 5.93. The molecule has 1 aliphatic rings. The third-order valence-corrected chi connectivity index (χ3v) is 5.69. The van der Waals surface area contributed by atoms with Crippen molar-refractivity contribution in [2.75, 3.05) is 31.1 Å². The maximum Gasteiger partial charge on any atom is 0.248 e. The molecular weight excluding hydrogens is 413 g/mol. The molecule has 10 heteroatoms. The van der Waals surface area contributed by atoms with Crippen molar-refractivity contribution in [1.29, 1.82) is 0 Å². The Kier molecular flexibility index (Phi) is 6.11. The first kappa shape index (κ1) is 21.4. The van der Waals surface area contributed by atoms with E-state index < -0.39 is 11.9 Å². The van der Waals surface area contributed by atoms with Crippen LogP contribution in [-0.4, -0.2) is 63.1 Å². The van der Waals surface area contributed by atoms with E-state index in [9.17, 15) is 14.0 Å². The van der Waals surface area contributed by atoms with Crippen LogP contribution in [0, 0.1) is 12.7 Å². The Morgan fingerprint density at radius 1 is 1.03 bits per heavy atom. The summed E-state index contributed by atoms with van der Waals surface area (Å²) >= 11 is 0. The molecule has 1 aliphatic heterocycles. The Labute approximate surface area is 184 Å². The van der Waals surface area contributed by atoms with Gasteiger partial charge in [0.1, 0.15) is 17.7 Å². The summed E-state index contributed by atoms with van der Waals surface area (Å²) < 4.78 is 14.8. The number of hydrogen-bond donors (Lipinski definition) is 1. The summed E-state index contributed by atoms with van der Waals surface area (Å²) in [4.78, 5) is 28.7.